The molecule has 0 spiro atoms. The van der Waals surface area contributed by atoms with Crippen molar-refractivity contribution >= 4 is 16.8 Å². The van der Waals surface area contributed by atoms with Gasteiger partial charge < -0.3 is 9.84 Å². The standard InChI is InChI=1S/C14H14N4O/c1-8-7-12(18-15)17-14(16-8)13-9(2)19-11-6-4-3-5-10(11)13/h3-7H,15H2,1-2H3,(H,16,17,18). The molecule has 0 aliphatic heterocycles. The van der Waals surface area contributed by atoms with Crippen molar-refractivity contribution in [2.75, 3.05) is 5.43 Å². The molecule has 1 aromatic carbocycles. The quantitative estimate of drug-likeness (QED) is 0.543. The number of fused-ring (bicyclic) bond motifs is 1. The molecule has 0 atom stereocenters. The van der Waals surface area contributed by atoms with Gasteiger partial charge in [0.25, 0.3) is 0 Å². The Labute approximate surface area is 110 Å². The van der Waals surface area contributed by atoms with Gasteiger partial charge in [-0.15, -0.1) is 0 Å². The van der Waals surface area contributed by atoms with Gasteiger partial charge in [-0.1, -0.05) is 18.2 Å². The van der Waals surface area contributed by atoms with Crippen LogP contribution in [0.3, 0.4) is 0 Å². The summed E-state index contributed by atoms with van der Waals surface area (Å²) in [5, 5.41) is 1.01. The topological polar surface area (TPSA) is 77.0 Å². The Morgan fingerprint density at radius 1 is 1.16 bits per heavy atom. The van der Waals surface area contributed by atoms with Gasteiger partial charge in [-0.2, -0.15) is 0 Å². The number of para-hydroxylation sites is 1. The van der Waals surface area contributed by atoms with E-state index in [2.05, 4.69) is 15.4 Å². The second-order valence-electron chi connectivity index (χ2n) is 4.39. The number of hydrogen-bond acceptors (Lipinski definition) is 5. The molecule has 0 aliphatic carbocycles. The van der Waals surface area contributed by atoms with Gasteiger partial charge >= 0.3 is 0 Å². The van der Waals surface area contributed by atoms with Crippen LogP contribution in [0.2, 0.25) is 0 Å². The lowest BCUT2D eigenvalue weighted by Crippen LogP contribution is -2.10. The summed E-state index contributed by atoms with van der Waals surface area (Å²) in [5.41, 5.74) is 5.15. The van der Waals surface area contributed by atoms with Crippen LogP contribution >= 0.6 is 0 Å². The normalized spacial score (nSPS) is 10.9. The number of aromatic nitrogens is 2. The predicted molar refractivity (Wildman–Crippen MR) is 74.5 cm³/mol. The van der Waals surface area contributed by atoms with Gasteiger partial charge in [0.15, 0.2) is 5.82 Å². The third-order valence-electron chi connectivity index (χ3n) is 3.00. The van der Waals surface area contributed by atoms with Crippen LogP contribution < -0.4 is 11.3 Å². The minimum atomic E-state index is 0.590. The van der Waals surface area contributed by atoms with E-state index in [1.54, 1.807) is 6.07 Å². The largest absolute Gasteiger partial charge is 0.461 e. The molecule has 96 valence electrons. The second-order valence-corrected chi connectivity index (χ2v) is 4.39. The van der Waals surface area contributed by atoms with Gasteiger partial charge in [-0.3, -0.25) is 0 Å². The molecular formula is C14H14N4O. The minimum absolute atomic E-state index is 0.590. The Morgan fingerprint density at radius 2 is 1.95 bits per heavy atom. The van der Waals surface area contributed by atoms with Crippen LogP contribution in [0, 0.1) is 13.8 Å². The summed E-state index contributed by atoms with van der Waals surface area (Å²) in [5.74, 6) is 7.44. The first-order chi connectivity index (χ1) is 9.19. The molecule has 0 bridgehead atoms. The average molecular weight is 254 g/mol. The summed E-state index contributed by atoms with van der Waals surface area (Å²) in [6.45, 7) is 3.82. The lowest BCUT2D eigenvalue weighted by atomic mass is 10.1. The van der Waals surface area contributed by atoms with Crippen molar-refractivity contribution in [3.63, 3.8) is 0 Å². The van der Waals surface area contributed by atoms with E-state index in [0.29, 0.717) is 11.6 Å². The Bertz CT molecular complexity index is 748. The molecule has 0 saturated heterocycles. The SMILES string of the molecule is Cc1cc(NN)nc(-c2c(C)oc3ccccc23)n1. The fourth-order valence-corrected chi connectivity index (χ4v) is 2.20. The zero-order valence-electron chi connectivity index (χ0n) is 10.8. The Hall–Kier alpha value is -2.40. The predicted octanol–water partition coefficient (Wildman–Crippen LogP) is 2.79. The maximum Gasteiger partial charge on any atom is 0.165 e. The number of rotatable bonds is 2. The van der Waals surface area contributed by atoms with Gasteiger partial charge in [0.1, 0.15) is 17.2 Å². The van der Waals surface area contributed by atoms with Gasteiger partial charge in [0, 0.05) is 17.1 Å². The lowest BCUT2D eigenvalue weighted by Gasteiger charge is -2.04. The molecule has 5 heteroatoms. The van der Waals surface area contributed by atoms with Crippen LogP contribution in [0.25, 0.3) is 22.4 Å². The smallest absolute Gasteiger partial charge is 0.165 e. The van der Waals surface area contributed by atoms with Gasteiger partial charge in [-0.25, -0.2) is 15.8 Å². The third kappa shape index (κ3) is 1.94. The zero-order valence-corrected chi connectivity index (χ0v) is 10.8. The number of nitrogens with one attached hydrogen (secondary N) is 1. The fraction of sp³-hybridized carbons (Fsp3) is 0.143. The van der Waals surface area contributed by atoms with Crippen LogP contribution in [0.5, 0.6) is 0 Å². The van der Waals surface area contributed by atoms with E-state index in [1.165, 1.54) is 0 Å². The molecule has 19 heavy (non-hydrogen) atoms. The fourth-order valence-electron chi connectivity index (χ4n) is 2.20. The number of furan rings is 1. The van der Waals surface area contributed by atoms with E-state index >= 15 is 0 Å². The monoisotopic (exact) mass is 254 g/mol. The number of aryl methyl sites for hydroxylation is 2. The Balaban J connectivity index is 2.29. The van der Waals surface area contributed by atoms with Gasteiger partial charge in [0.05, 0.1) is 5.56 Å². The molecule has 2 aromatic heterocycles. The molecule has 2 heterocycles. The number of hydrazine groups is 1. The third-order valence-corrected chi connectivity index (χ3v) is 3.00. The molecule has 0 amide bonds. The molecule has 0 radical (unpaired) electrons. The summed E-state index contributed by atoms with van der Waals surface area (Å²) in [6, 6.07) is 9.64. The summed E-state index contributed by atoms with van der Waals surface area (Å²) in [4.78, 5) is 8.87. The van der Waals surface area contributed by atoms with Crippen LogP contribution in [0.4, 0.5) is 5.82 Å². The minimum Gasteiger partial charge on any atom is -0.461 e. The van der Waals surface area contributed by atoms with Crippen LogP contribution in [-0.2, 0) is 0 Å². The number of nitrogen functional groups attached to an aromatic ring is 1. The van der Waals surface area contributed by atoms with Crippen molar-refractivity contribution < 1.29 is 4.42 Å². The highest BCUT2D eigenvalue weighted by Gasteiger charge is 2.15. The molecule has 0 aliphatic rings. The molecule has 5 nitrogen and oxygen atoms in total. The van der Waals surface area contributed by atoms with Crippen molar-refractivity contribution in [3.8, 4) is 11.4 Å². The number of anilines is 1. The van der Waals surface area contributed by atoms with Crippen LogP contribution in [0.15, 0.2) is 34.7 Å². The van der Waals surface area contributed by atoms with Gasteiger partial charge in [-0.05, 0) is 19.9 Å². The van der Waals surface area contributed by atoms with E-state index in [1.807, 2.05) is 38.1 Å². The molecular weight excluding hydrogens is 240 g/mol. The summed E-state index contributed by atoms with van der Waals surface area (Å²) >= 11 is 0. The first-order valence-corrected chi connectivity index (χ1v) is 6.00. The molecule has 0 fully saturated rings. The zero-order chi connectivity index (χ0) is 13.4. The Morgan fingerprint density at radius 3 is 2.74 bits per heavy atom. The number of nitrogens with two attached hydrogens (primary N) is 1. The van der Waals surface area contributed by atoms with Crippen molar-refractivity contribution in [2.45, 2.75) is 13.8 Å². The van der Waals surface area contributed by atoms with Crippen LogP contribution in [-0.4, -0.2) is 9.97 Å². The van der Waals surface area contributed by atoms with E-state index < -0.39 is 0 Å². The maximum absolute atomic E-state index is 5.74. The highest BCUT2D eigenvalue weighted by atomic mass is 16.3. The van der Waals surface area contributed by atoms with E-state index in [4.69, 9.17) is 10.3 Å². The van der Waals surface area contributed by atoms with E-state index in [-0.39, 0.29) is 0 Å². The van der Waals surface area contributed by atoms with Crippen LogP contribution in [0.1, 0.15) is 11.5 Å². The average Bonchev–Trinajstić information content (AvgIpc) is 2.73. The van der Waals surface area contributed by atoms with Crippen molar-refractivity contribution in [1.82, 2.24) is 9.97 Å². The van der Waals surface area contributed by atoms with Crippen molar-refractivity contribution in [3.05, 3.63) is 41.8 Å². The molecule has 3 aromatic rings. The number of nitrogens with zero attached hydrogens (tertiary/aromatic N) is 2. The maximum atomic E-state index is 5.74. The summed E-state index contributed by atoms with van der Waals surface area (Å²) in [6.07, 6.45) is 0. The molecule has 0 unspecified atom stereocenters. The highest BCUT2D eigenvalue weighted by Crippen LogP contribution is 2.32. The molecule has 3 N–H and O–H groups in total. The lowest BCUT2D eigenvalue weighted by molar-refractivity contribution is 0.579. The summed E-state index contributed by atoms with van der Waals surface area (Å²) in [7, 11) is 0. The van der Waals surface area contributed by atoms with Crippen molar-refractivity contribution in [2.24, 2.45) is 5.84 Å². The second kappa shape index (κ2) is 4.37. The molecule has 3 rings (SSSR count). The number of benzene rings is 1. The van der Waals surface area contributed by atoms with E-state index in [9.17, 15) is 0 Å². The highest BCUT2D eigenvalue weighted by molar-refractivity contribution is 5.93. The first kappa shape index (κ1) is 11.7. The number of hydrogen-bond donors (Lipinski definition) is 2. The van der Waals surface area contributed by atoms with Crippen molar-refractivity contribution in [1.29, 1.82) is 0 Å². The van der Waals surface area contributed by atoms with E-state index in [0.717, 1.165) is 28.0 Å². The molecule has 0 saturated carbocycles. The Kier molecular flexibility index (Phi) is 2.68. The first-order valence-electron chi connectivity index (χ1n) is 6.00. The summed E-state index contributed by atoms with van der Waals surface area (Å²) < 4.78 is 5.74. The van der Waals surface area contributed by atoms with Gasteiger partial charge in [0.2, 0.25) is 0 Å².